The number of benzene rings is 2. The van der Waals surface area contributed by atoms with E-state index in [2.05, 4.69) is 10.6 Å². The largest absolute Gasteiger partial charge is 0.326 e. The van der Waals surface area contributed by atoms with E-state index in [1.807, 2.05) is 31.4 Å². The lowest BCUT2D eigenvalue weighted by Crippen LogP contribution is -2.28. The number of fused-ring (bicyclic) bond motifs is 1. The summed E-state index contributed by atoms with van der Waals surface area (Å²) in [5.41, 5.74) is 1.14. The Morgan fingerprint density at radius 2 is 2.03 bits per heavy atom. The Morgan fingerprint density at radius 1 is 1.24 bits per heavy atom. The molecule has 0 aliphatic carbocycles. The van der Waals surface area contributed by atoms with Crippen molar-refractivity contribution < 1.29 is 18.0 Å². The fraction of sp³-hybridized carbons (Fsp3) is 0.300. The third-order valence-electron chi connectivity index (χ3n) is 4.45. The minimum Gasteiger partial charge on any atom is -0.326 e. The van der Waals surface area contributed by atoms with Crippen LogP contribution in [0.4, 0.5) is 11.4 Å². The first-order valence-electron chi connectivity index (χ1n) is 9.10. The van der Waals surface area contributed by atoms with Gasteiger partial charge in [-0.25, -0.2) is 8.42 Å². The van der Waals surface area contributed by atoms with Gasteiger partial charge in [-0.2, -0.15) is 0 Å². The van der Waals surface area contributed by atoms with Gasteiger partial charge < -0.3 is 10.6 Å². The molecular weight excluding hydrogens is 428 g/mol. The highest BCUT2D eigenvalue weighted by Crippen LogP contribution is 2.38. The van der Waals surface area contributed by atoms with Crippen LogP contribution in [-0.2, 0) is 19.4 Å². The van der Waals surface area contributed by atoms with E-state index in [1.165, 1.54) is 23.9 Å². The molecule has 1 aliphatic heterocycles. The second kappa shape index (κ2) is 9.23. The van der Waals surface area contributed by atoms with Crippen molar-refractivity contribution in [3.63, 3.8) is 0 Å². The van der Waals surface area contributed by atoms with E-state index in [9.17, 15) is 18.0 Å². The van der Waals surface area contributed by atoms with Crippen LogP contribution < -0.4 is 10.6 Å². The quantitative estimate of drug-likeness (QED) is 0.619. The van der Waals surface area contributed by atoms with Gasteiger partial charge in [0.1, 0.15) is 0 Å². The molecule has 2 amide bonds. The van der Waals surface area contributed by atoms with E-state index in [-0.39, 0.29) is 34.1 Å². The van der Waals surface area contributed by atoms with Gasteiger partial charge in [0.05, 0.1) is 21.6 Å². The summed E-state index contributed by atoms with van der Waals surface area (Å²) in [4.78, 5) is 26.2. The Labute approximate surface area is 179 Å². The van der Waals surface area contributed by atoms with E-state index >= 15 is 0 Å². The number of carbonyl (C=O) groups is 2. The molecule has 9 heteroatoms. The number of anilines is 2. The maximum absolute atomic E-state index is 12.7. The van der Waals surface area contributed by atoms with Gasteiger partial charge in [0.15, 0.2) is 9.84 Å². The van der Waals surface area contributed by atoms with Crippen molar-refractivity contribution >= 4 is 56.6 Å². The Morgan fingerprint density at radius 3 is 2.76 bits per heavy atom. The average molecular weight is 451 g/mol. The predicted molar refractivity (Wildman–Crippen MR) is 119 cm³/mol. The molecule has 0 radical (unpaired) electrons. The van der Waals surface area contributed by atoms with Crippen LogP contribution in [0.5, 0.6) is 0 Å². The van der Waals surface area contributed by atoms with Crippen LogP contribution in [0.15, 0.2) is 57.2 Å². The normalized spacial score (nSPS) is 16.1. The number of rotatable bonds is 7. The molecule has 1 aliphatic rings. The zero-order chi connectivity index (χ0) is 21.0. The number of thioether (sulfide) groups is 2. The molecule has 0 spiro atoms. The SMILES string of the molecule is CC[C@@H]1Sc2ccc(S(=O)(=O)CCC(=O)Nc3cccc(SC)c3)cc2NC1=O. The molecule has 29 heavy (non-hydrogen) atoms. The molecule has 0 saturated heterocycles. The molecule has 0 saturated carbocycles. The fourth-order valence-corrected chi connectivity index (χ4v) is 5.61. The summed E-state index contributed by atoms with van der Waals surface area (Å²) in [7, 11) is -3.66. The van der Waals surface area contributed by atoms with E-state index in [0.29, 0.717) is 17.8 Å². The van der Waals surface area contributed by atoms with E-state index < -0.39 is 9.84 Å². The van der Waals surface area contributed by atoms with E-state index in [4.69, 9.17) is 0 Å². The molecule has 2 aromatic carbocycles. The van der Waals surface area contributed by atoms with Gasteiger partial charge in [0.2, 0.25) is 11.8 Å². The van der Waals surface area contributed by atoms with Gasteiger partial charge in [-0.3, -0.25) is 9.59 Å². The van der Waals surface area contributed by atoms with Crippen molar-refractivity contribution in [2.75, 3.05) is 22.6 Å². The maximum atomic E-state index is 12.7. The third kappa shape index (κ3) is 5.34. The summed E-state index contributed by atoms with van der Waals surface area (Å²) in [6.07, 6.45) is 2.49. The number of hydrogen-bond donors (Lipinski definition) is 2. The van der Waals surface area contributed by atoms with Gasteiger partial charge in [-0.15, -0.1) is 23.5 Å². The van der Waals surface area contributed by atoms with Crippen molar-refractivity contribution in [3.8, 4) is 0 Å². The fourth-order valence-electron chi connectivity index (χ4n) is 2.86. The van der Waals surface area contributed by atoms with Crippen LogP contribution in [0.3, 0.4) is 0 Å². The van der Waals surface area contributed by atoms with Crippen LogP contribution in [0, 0.1) is 0 Å². The lowest BCUT2D eigenvalue weighted by molar-refractivity contribution is -0.116. The first kappa shape index (κ1) is 21.7. The maximum Gasteiger partial charge on any atom is 0.237 e. The zero-order valence-electron chi connectivity index (χ0n) is 16.1. The molecule has 0 aromatic heterocycles. The summed E-state index contributed by atoms with van der Waals surface area (Å²) >= 11 is 2.99. The second-order valence-electron chi connectivity index (χ2n) is 6.51. The molecule has 1 heterocycles. The van der Waals surface area contributed by atoms with Crippen molar-refractivity contribution in [1.82, 2.24) is 0 Å². The summed E-state index contributed by atoms with van der Waals surface area (Å²) in [6, 6.07) is 12.1. The third-order valence-corrected chi connectivity index (χ3v) is 8.33. The molecule has 0 fully saturated rings. The molecule has 6 nitrogen and oxygen atoms in total. The minimum atomic E-state index is -3.66. The molecule has 2 N–H and O–H groups in total. The molecule has 0 unspecified atom stereocenters. The zero-order valence-corrected chi connectivity index (χ0v) is 18.5. The minimum absolute atomic E-state index is 0.101. The van der Waals surface area contributed by atoms with Crippen molar-refractivity contribution in [3.05, 3.63) is 42.5 Å². The molecule has 0 bridgehead atoms. The summed E-state index contributed by atoms with van der Waals surface area (Å²) in [5, 5.41) is 5.34. The Kier molecular flexibility index (Phi) is 6.92. The van der Waals surface area contributed by atoms with Crippen LogP contribution in [0.2, 0.25) is 0 Å². The summed E-state index contributed by atoms with van der Waals surface area (Å²) in [5.74, 6) is -0.788. The highest BCUT2D eigenvalue weighted by Gasteiger charge is 2.27. The molecule has 1 atom stereocenters. The number of amides is 2. The van der Waals surface area contributed by atoms with Gasteiger partial charge in [0.25, 0.3) is 0 Å². The van der Waals surface area contributed by atoms with E-state index in [0.717, 1.165) is 9.79 Å². The number of sulfone groups is 1. The molecular formula is C20H22N2O4S3. The topological polar surface area (TPSA) is 92.3 Å². The van der Waals surface area contributed by atoms with Crippen LogP contribution in [0.1, 0.15) is 19.8 Å². The Balaban J connectivity index is 1.66. The Hall–Kier alpha value is -1.97. The number of nitrogens with one attached hydrogen (secondary N) is 2. The van der Waals surface area contributed by atoms with Gasteiger partial charge in [-0.1, -0.05) is 13.0 Å². The van der Waals surface area contributed by atoms with Crippen LogP contribution in [-0.4, -0.2) is 37.5 Å². The molecule has 3 rings (SSSR count). The van der Waals surface area contributed by atoms with Gasteiger partial charge in [0, 0.05) is 21.9 Å². The number of hydrogen-bond acceptors (Lipinski definition) is 6. The lowest BCUT2D eigenvalue weighted by Gasteiger charge is -2.23. The first-order valence-corrected chi connectivity index (χ1v) is 12.9. The monoisotopic (exact) mass is 450 g/mol. The predicted octanol–water partition coefficient (Wildman–Crippen LogP) is 4.03. The molecule has 154 valence electrons. The summed E-state index contributed by atoms with van der Waals surface area (Å²) < 4.78 is 25.3. The molecule has 2 aromatic rings. The standard InChI is InChI=1S/C20H22N2O4S3/c1-3-17-20(24)22-16-12-15(7-8-18(16)28-17)29(25,26)10-9-19(23)21-13-5-4-6-14(11-13)27-2/h4-8,11-12,17H,3,9-10H2,1-2H3,(H,21,23)(H,22,24)/t17-/m0/s1. The summed E-state index contributed by atoms with van der Waals surface area (Å²) in [6.45, 7) is 1.93. The first-order chi connectivity index (χ1) is 13.8. The lowest BCUT2D eigenvalue weighted by atomic mass is 10.2. The highest BCUT2D eigenvalue weighted by molar-refractivity contribution is 8.01. The highest BCUT2D eigenvalue weighted by atomic mass is 32.2. The van der Waals surface area contributed by atoms with Crippen LogP contribution >= 0.6 is 23.5 Å². The smallest absolute Gasteiger partial charge is 0.237 e. The van der Waals surface area contributed by atoms with Crippen molar-refractivity contribution in [2.24, 2.45) is 0 Å². The van der Waals surface area contributed by atoms with Gasteiger partial charge in [-0.05, 0) is 49.1 Å². The second-order valence-corrected chi connectivity index (χ2v) is 10.7. The van der Waals surface area contributed by atoms with Crippen molar-refractivity contribution in [2.45, 2.75) is 39.7 Å². The average Bonchev–Trinajstić information content (AvgIpc) is 2.71. The van der Waals surface area contributed by atoms with E-state index in [1.54, 1.807) is 23.9 Å². The van der Waals surface area contributed by atoms with Gasteiger partial charge >= 0.3 is 0 Å². The van der Waals surface area contributed by atoms with Crippen LogP contribution in [0.25, 0.3) is 0 Å². The van der Waals surface area contributed by atoms with Crippen molar-refractivity contribution in [1.29, 1.82) is 0 Å². The number of carbonyl (C=O) groups excluding carboxylic acids is 2. The Bertz CT molecular complexity index is 1040.